The number of hydrazone groups is 1. The molecular formula is C24H21Cl2N3O4. The van der Waals surface area contributed by atoms with E-state index in [9.17, 15) is 9.59 Å². The fourth-order valence-corrected chi connectivity index (χ4v) is 3.24. The number of carbonyl (C=O) groups excluding carboxylic acids is 2. The van der Waals surface area contributed by atoms with Crippen LogP contribution in [-0.2, 0) is 16.2 Å². The van der Waals surface area contributed by atoms with Crippen LogP contribution in [0.2, 0.25) is 10.0 Å². The second-order valence-electron chi connectivity index (χ2n) is 6.81. The molecule has 2 N–H and O–H groups in total. The number of nitrogens with one attached hydrogen (secondary N) is 2. The van der Waals surface area contributed by atoms with Crippen LogP contribution in [0.4, 0.5) is 5.69 Å². The number of benzene rings is 3. The highest BCUT2D eigenvalue weighted by Crippen LogP contribution is 2.24. The average molecular weight is 486 g/mol. The molecule has 0 unspecified atom stereocenters. The Morgan fingerprint density at radius 3 is 2.61 bits per heavy atom. The molecule has 0 saturated carbocycles. The third kappa shape index (κ3) is 7.52. The van der Waals surface area contributed by atoms with Crippen LogP contribution in [0.1, 0.15) is 17.5 Å². The Morgan fingerprint density at radius 2 is 1.82 bits per heavy atom. The Bertz CT molecular complexity index is 1170. The first-order valence-electron chi connectivity index (χ1n) is 9.86. The van der Waals surface area contributed by atoms with Crippen molar-refractivity contribution < 1.29 is 19.1 Å². The van der Waals surface area contributed by atoms with Crippen molar-refractivity contribution in [1.82, 2.24) is 5.43 Å². The monoisotopic (exact) mass is 485 g/mol. The number of para-hydroxylation sites is 1. The van der Waals surface area contributed by atoms with E-state index >= 15 is 0 Å². The maximum atomic E-state index is 12.1. The molecule has 0 atom stereocenters. The van der Waals surface area contributed by atoms with Crippen molar-refractivity contribution in [3.05, 3.63) is 87.9 Å². The highest BCUT2D eigenvalue weighted by molar-refractivity contribution is 6.35. The molecule has 2 amide bonds. The normalized spacial score (nSPS) is 10.6. The summed E-state index contributed by atoms with van der Waals surface area (Å²) in [5, 5.41) is 7.61. The van der Waals surface area contributed by atoms with E-state index in [0.29, 0.717) is 32.8 Å². The lowest BCUT2D eigenvalue weighted by Crippen LogP contribution is -2.24. The summed E-state index contributed by atoms with van der Waals surface area (Å²) in [6.45, 7) is 0.234. The van der Waals surface area contributed by atoms with Crippen molar-refractivity contribution in [3.63, 3.8) is 0 Å². The average Bonchev–Trinajstić information content (AvgIpc) is 2.79. The largest absolute Gasteiger partial charge is 0.497 e. The number of hydrogen-bond acceptors (Lipinski definition) is 5. The maximum absolute atomic E-state index is 12.1. The molecule has 0 fully saturated rings. The van der Waals surface area contributed by atoms with Gasteiger partial charge in [0.2, 0.25) is 11.8 Å². The van der Waals surface area contributed by atoms with E-state index in [1.807, 2.05) is 12.1 Å². The first-order chi connectivity index (χ1) is 15.9. The topological polar surface area (TPSA) is 89.0 Å². The Morgan fingerprint density at radius 1 is 1.00 bits per heavy atom. The molecule has 33 heavy (non-hydrogen) atoms. The molecule has 3 aromatic rings. The summed E-state index contributed by atoms with van der Waals surface area (Å²) in [6.07, 6.45) is 1.05. The lowest BCUT2D eigenvalue weighted by Gasteiger charge is -2.10. The molecule has 9 heteroatoms. The number of carbonyl (C=O) groups is 2. The summed E-state index contributed by atoms with van der Waals surface area (Å²) in [6, 6.07) is 19.2. The van der Waals surface area contributed by atoms with Crippen LogP contribution in [0.15, 0.2) is 71.8 Å². The maximum Gasteiger partial charge on any atom is 0.249 e. The minimum atomic E-state index is -0.557. The minimum absolute atomic E-state index is 0.234. The summed E-state index contributed by atoms with van der Waals surface area (Å²) < 4.78 is 10.9. The van der Waals surface area contributed by atoms with Crippen LogP contribution in [0.5, 0.6) is 11.5 Å². The number of ether oxygens (including phenoxy) is 2. The van der Waals surface area contributed by atoms with Gasteiger partial charge in [-0.1, -0.05) is 47.5 Å². The predicted octanol–water partition coefficient (Wildman–Crippen LogP) is 5.06. The summed E-state index contributed by atoms with van der Waals surface area (Å²) >= 11 is 12.1. The Labute approximate surface area is 201 Å². The van der Waals surface area contributed by atoms with Gasteiger partial charge in [-0.25, -0.2) is 5.43 Å². The lowest BCUT2D eigenvalue weighted by molar-refractivity contribution is -0.126. The summed E-state index contributed by atoms with van der Waals surface area (Å²) in [5.41, 5.74) is 4.29. The van der Waals surface area contributed by atoms with E-state index in [0.717, 1.165) is 5.56 Å². The second kappa shape index (κ2) is 11.9. The molecule has 170 valence electrons. The molecule has 3 rings (SSSR count). The molecular weight excluding hydrogens is 465 g/mol. The van der Waals surface area contributed by atoms with Crippen molar-refractivity contribution in [2.45, 2.75) is 13.0 Å². The van der Waals surface area contributed by atoms with Gasteiger partial charge in [0.15, 0.2) is 0 Å². The van der Waals surface area contributed by atoms with Crippen molar-refractivity contribution in [2.24, 2.45) is 5.10 Å². The molecule has 0 aromatic heterocycles. The van der Waals surface area contributed by atoms with Gasteiger partial charge < -0.3 is 14.8 Å². The van der Waals surface area contributed by atoms with Gasteiger partial charge in [-0.15, -0.1) is 0 Å². The van der Waals surface area contributed by atoms with E-state index in [1.165, 1.54) is 13.3 Å². The van der Waals surface area contributed by atoms with Crippen molar-refractivity contribution in [3.8, 4) is 11.5 Å². The molecule has 0 saturated heterocycles. The molecule has 0 bridgehead atoms. The standard InChI is InChI=1S/C24H21Cl2N3O4/c1-32-20-7-4-6-19(12-20)28-23(30)13-24(31)29-27-14-16-5-2-3-8-22(16)33-15-17-9-10-18(25)11-21(17)26/h2-12,14H,13,15H2,1H3,(H,28,30)(H,29,31). The number of nitrogens with zero attached hydrogens (tertiary/aromatic N) is 1. The summed E-state index contributed by atoms with van der Waals surface area (Å²) in [4.78, 5) is 24.1. The molecule has 0 aliphatic heterocycles. The van der Waals surface area contributed by atoms with Crippen LogP contribution >= 0.6 is 23.2 Å². The highest BCUT2D eigenvalue weighted by atomic mass is 35.5. The van der Waals surface area contributed by atoms with Gasteiger partial charge in [-0.05, 0) is 36.4 Å². The SMILES string of the molecule is COc1cccc(NC(=O)CC(=O)NN=Cc2ccccc2OCc2ccc(Cl)cc2Cl)c1. The quantitative estimate of drug-likeness (QED) is 0.251. The zero-order chi connectivity index (χ0) is 23.6. The van der Waals surface area contributed by atoms with E-state index in [-0.39, 0.29) is 13.0 Å². The van der Waals surface area contributed by atoms with Crippen molar-refractivity contribution in [1.29, 1.82) is 0 Å². The fraction of sp³-hybridized carbons (Fsp3) is 0.125. The zero-order valence-corrected chi connectivity index (χ0v) is 19.2. The van der Waals surface area contributed by atoms with E-state index < -0.39 is 11.8 Å². The van der Waals surface area contributed by atoms with Gasteiger partial charge in [0.05, 0.1) is 13.3 Å². The van der Waals surface area contributed by atoms with Gasteiger partial charge in [0, 0.05) is 32.9 Å². The number of rotatable bonds is 9. The lowest BCUT2D eigenvalue weighted by atomic mass is 10.2. The number of anilines is 1. The number of methoxy groups -OCH3 is 1. The third-order valence-corrected chi connectivity index (χ3v) is 4.97. The smallest absolute Gasteiger partial charge is 0.249 e. The van der Waals surface area contributed by atoms with E-state index in [4.69, 9.17) is 32.7 Å². The molecule has 0 heterocycles. The van der Waals surface area contributed by atoms with Crippen LogP contribution in [0, 0.1) is 0 Å². The number of amides is 2. The predicted molar refractivity (Wildman–Crippen MR) is 129 cm³/mol. The molecule has 0 radical (unpaired) electrons. The zero-order valence-electron chi connectivity index (χ0n) is 17.7. The first-order valence-corrected chi connectivity index (χ1v) is 10.6. The fourth-order valence-electron chi connectivity index (χ4n) is 2.78. The molecule has 0 spiro atoms. The van der Waals surface area contributed by atoms with Gasteiger partial charge in [-0.2, -0.15) is 5.10 Å². The van der Waals surface area contributed by atoms with Crippen molar-refractivity contribution >= 4 is 46.9 Å². The van der Waals surface area contributed by atoms with Crippen LogP contribution in [-0.4, -0.2) is 25.1 Å². The van der Waals surface area contributed by atoms with Gasteiger partial charge >= 0.3 is 0 Å². The third-order valence-electron chi connectivity index (χ3n) is 4.38. The van der Waals surface area contributed by atoms with Crippen molar-refractivity contribution in [2.75, 3.05) is 12.4 Å². The minimum Gasteiger partial charge on any atom is -0.497 e. The molecule has 0 aliphatic carbocycles. The molecule has 3 aromatic carbocycles. The van der Waals surface area contributed by atoms with Crippen LogP contribution in [0.3, 0.4) is 0 Å². The first kappa shape index (κ1) is 24.1. The van der Waals surface area contributed by atoms with E-state index in [1.54, 1.807) is 54.6 Å². The van der Waals surface area contributed by atoms with E-state index in [2.05, 4.69) is 15.8 Å². The Balaban J connectivity index is 1.53. The molecule has 0 aliphatic rings. The van der Waals surface area contributed by atoms with Crippen LogP contribution in [0.25, 0.3) is 0 Å². The summed E-state index contributed by atoms with van der Waals surface area (Å²) in [7, 11) is 1.53. The second-order valence-corrected chi connectivity index (χ2v) is 7.66. The Kier molecular flexibility index (Phi) is 8.69. The van der Waals surface area contributed by atoms with Gasteiger partial charge in [-0.3, -0.25) is 9.59 Å². The summed E-state index contributed by atoms with van der Waals surface area (Å²) in [5.74, 6) is 0.121. The van der Waals surface area contributed by atoms with Gasteiger partial charge in [0.25, 0.3) is 0 Å². The van der Waals surface area contributed by atoms with Gasteiger partial charge in [0.1, 0.15) is 24.5 Å². The molecule has 7 nitrogen and oxygen atoms in total. The van der Waals surface area contributed by atoms with Crippen LogP contribution < -0.4 is 20.2 Å². The highest BCUT2D eigenvalue weighted by Gasteiger charge is 2.10. The Hall–Kier alpha value is -3.55. The number of hydrogen-bond donors (Lipinski definition) is 2. The number of halogens is 2.